The molecule has 0 saturated heterocycles. The van der Waals surface area contributed by atoms with Crippen LogP contribution in [0.4, 0.5) is 0 Å². The molecule has 2 aliphatic carbocycles. The molecule has 0 radical (unpaired) electrons. The van der Waals surface area contributed by atoms with E-state index in [0.717, 1.165) is 19.1 Å². The van der Waals surface area contributed by atoms with E-state index in [-0.39, 0.29) is 33.9 Å². The Morgan fingerprint density at radius 3 is 2.38 bits per heavy atom. The van der Waals surface area contributed by atoms with Crippen LogP contribution in [0, 0.1) is 5.41 Å². The molecule has 0 bridgehead atoms. The van der Waals surface area contributed by atoms with Gasteiger partial charge in [-0.15, -0.1) is 0 Å². The van der Waals surface area contributed by atoms with Gasteiger partial charge in [-0.2, -0.15) is 0 Å². The molecule has 3 rings (SSSR count). The summed E-state index contributed by atoms with van der Waals surface area (Å²) in [7, 11) is -3.55. The number of benzene rings is 1. The van der Waals surface area contributed by atoms with Crippen molar-refractivity contribution < 1.29 is 18.0 Å². The van der Waals surface area contributed by atoms with Crippen molar-refractivity contribution in [2.24, 2.45) is 5.41 Å². The van der Waals surface area contributed by atoms with Crippen LogP contribution < -0.4 is 5.32 Å². The number of halogens is 2. The lowest BCUT2D eigenvalue weighted by atomic mass is 9.94. The average Bonchev–Trinajstić information content (AvgIpc) is 3.35. The molecule has 2 saturated carbocycles. The summed E-state index contributed by atoms with van der Waals surface area (Å²) in [4.78, 5) is 24.0. The zero-order chi connectivity index (χ0) is 17.7. The van der Waals surface area contributed by atoms with Crippen LogP contribution in [0.1, 0.15) is 41.6 Å². The second kappa shape index (κ2) is 6.00. The Morgan fingerprint density at radius 1 is 1.29 bits per heavy atom. The van der Waals surface area contributed by atoms with Crippen molar-refractivity contribution in [1.29, 1.82) is 0 Å². The molecule has 1 N–H and O–H groups in total. The molecule has 24 heavy (non-hydrogen) atoms. The summed E-state index contributed by atoms with van der Waals surface area (Å²) >= 11 is 11.8. The molecule has 1 aromatic carbocycles. The van der Waals surface area contributed by atoms with Crippen LogP contribution in [0.2, 0.25) is 5.02 Å². The topological polar surface area (TPSA) is 80.3 Å². The maximum atomic E-state index is 12.5. The van der Waals surface area contributed by atoms with Gasteiger partial charge in [0.25, 0.3) is 5.24 Å². The van der Waals surface area contributed by atoms with E-state index in [0.29, 0.717) is 18.4 Å². The first-order valence-corrected chi connectivity index (χ1v) is 10.3. The van der Waals surface area contributed by atoms with Gasteiger partial charge in [0.2, 0.25) is 5.91 Å². The van der Waals surface area contributed by atoms with Gasteiger partial charge in [-0.1, -0.05) is 11.6 Å². The molecule has 0 spiro atoms. The number of hydrogen-bond acceptors (Lipinski definition) is 4. The molecule has 0 atom stereocenters. The lowest BCUT2D eigenvalue weighted by Crippen LogP contribution is -2.35. The summed E-state index contributed by atoms with van der Waals surface area (Å²) in [6.07, 6.45) is 4.56. The first-order chi connectivity index (χ1) is 11.1. The van der Waals surface area contributed by atoms with Gasteiger partial charge in [0, 0.05) is 12.3 Å². The van der Waals surface area contributed by atoms with E-state index in [1.54, 1.807) is 0 Å². The molecule has 0 unspecified atom stereocenters. The Balaban J connectivity index is 2.00. The van der Waals surface area contributed by atoms with Crippen LogP contribution in [0.25, 0.3) is 0 Å². The van der Waals surface area contributed by atoms with E-state index < -0.39 is 20.5 Å². The summed E-state index contributed by atoms with van der Waals surface area (Å²) < 4.78 is 24.1. The third-order valence-electron chi connectivity index (χ3n) is 4.57. The van der Waals surface area contributed by atoms with Crippen LogP contribution in [0.5, 0.6) is 0 Å². The van der Waals surface area contributed by atoms with Crippen molar-refractivity contribution in [2.45, 2.75) is 43.0 Å². The van der Waals surface area contributed by atoms with E-state index in [2.05, 4.69) is 5.32 Å². The lowest BCUT2D eigenvalue weighted by molar-refractivity contribution is -0.126. The summed E-state index contributed by atoms with van der Waals surface area (Å²) in [5.41, 5.74) is -0.284. The molecule has 130 valence electrons. The Hall–Kier alpha value is -1.11. The molecule has 0 aliphatic heterocycles. The van der Waals surface area contributed by atoms with E-state index in [9.17, 15) is 18.0 Å². The molecular formula is C16H17Cl2NO4S. The quantitative estimate of drug-likeness (QED) is 0.758. The summed E-state index contributed by atoms with van der Waals surface area (Å²) in [6, 6.07) is 2.87. The Morgan fingerprint density at radius 2 is 1.92 bits per heavy atom. The number of sulfone groups is 1. The van der Waals surface area contributed by atoms with Gasteiger partial charge >= 0.3 is 0 Å². The fraction of sp³-hybridized carbons (Fsp3) is 0.500. The molecule has 2 fully saturated rings. The minimum absolute atomic E-state index is 0.0171. The van der Waals surface area contributed by atoms with Crippen molar-refractivity contribution >= 4 is 44.2 Å². The smallest absolute Gasteiger partial charge is 0.253 e. The van der Waals surface area contributed by atoms with Gasteiger partial charge < -0.3 is 5.32 Å². The van der Waals surface area contributed by atoms with Gasteiger partial charge in [0.1, 0.15) is 0 Å². The molecule has 5 nitrogen and oxygen atoms in total. The maximum Gasteiger partial charge on any atom is 0.253 e. The van der Waals surface area contributed by atoms with Crippen LogP contribution in [-0.4, -0.2) is 31.9 Å². The monoisotopic (exact) mass is 389 g/mol. The molecule has 1 aromatic rings. The fourth-order valence-corrected chi connectivity index (χ4v) is 4.32. The summed E-state index contributed by atoms with van der Waals surface area (Å²) in [5, 5.41) is 2.23. The van der Waals surface area contributed by atoms with Crippen LogP contribution >= 0.6 is 23.2 Å². The van der Waals surface area contributed by atoms with Gasteiger partial charge in [-0.3, -0.25) is 9.59 Å². The molecule has 0 aromatic heterocycles. The minimum Gasteiger partial charge on any atom is -0.353 e. The standard InChI is InChI=1S/C16H17Cl2NO4S/c1-24(22,23)12-5-4-10(14(18)20)13(17)11(12)8-16(6-7-16)15(21)19-9-2-3-9/h4-5,9H,2-3,6-8H2,1H3,(H,19,21). The normalized spacial score (nSPS) is 19.0. The lowest BCUT2D eigenvalue weighted by Gasteiger charge is -2.19. The number of nitrogens with one attached hydrogen (secondary N) is 1. The van der Waals surface area contributed by atoms with E-state index in [1.807, 2.05) is 0 Å². The number of carbonyl (C=O) groups is 2. The van der Waals surface area contributed by atoms with E-state index in [4.69, 9.17) is 23.2 Å². The highest BCUT2D eigenvalue weighted by molar-refractivity contribution is 7.90. The largest absolute Gasteiger partial charge is 0.353 e. The van der Waals surface area contributed by atoms with Crippen LogP contribution in [0.15, 0.2) is 17.0 Å². The minimum atomic E-state index is -3.55. The highest BCUT2D eigenvalue weighted by atomic mass is 35.5. The van der Waals surface area contributed by atoms with Crippen LogP contribution in [-0.2, 0) is 21.1 Å². The second-order valence-corrected chi connectivity index (χ2v) is 9.36. The zero-order valence-electron chi connectivity index (χ0n) is 13.1. The van der Waals surface area contributed by atoms with E-state index in [1.165, 1.54) is 12.1 Å². The SMILES string of the molecule is CS(=O)(=O)c1ccc(C(=O)Cl)c(Cl)c1CC1(C(=O)NC2CC2)CC1. The van der Waals surface area contributed by atoms with Crippen LogP contribution in [0.3, 0.4) is 0 Å². The molecular weight excluding hydrogens is 373 g/mol. The van der Waals surface area contributed by atoms with Gasteiger partial charge in [0.15, 0.2) is 9.84 Å². The average molecular weight is 390 g/mol. The Bertz CT molecular complexity index is 827. The van der Waals surface area contributed by atoms with Gasteiger partial charge in [-0.25, -0.2) is 8.42 Å². The Kier molecular flexibility index (Phi) is 4.43. The highest BCUT2D eigenvalue weighted by Crippen LogP contribution is 2.51. The molecule has 0 heterocycles. The molecule has 8 heteroatoms. The fourth-order valence-electron chi connectivity index (χ4n) is 2.81. The van der Waals surface area contributed by atoms with Crippen molar-refractivity contribution in [3.63, 3.8) is 0 Å². The van der Waals surface area contributed by atoms with Crippen molar-refractivity contribution in [2.75, 3.05) is 6.26 Å². The third-order valence-corrected chi connectivity index (χ3v) is 6.39. The van der Waals surface area contributed by atoms with Crippen molar-refractivity contribution in [3.8, 4) is 0 Å². The second-order valence-electron chi connectivity index (χ2n) is 6.65. The van der Waals surface area contributed by atoms with Gasteiger partial charge in [-0.05, 0) is 61.4 Å². The number of amides is 1. The number of hydrogen-bond donors (Lipinski definition) is 1. The van der Waals surface area contributed by atoms with Crippen molar-refractivity contribution in [1.82, 2.24) is 5.32 Å². The number of rotatable bonds is 6. The summed E-state index contributed by atoms with van der Waals surface area (Å²) in [5.74, 6) is -0.0666. The molecule has 2 aliphatic rings. The first-order valence-electron chi connectivity index (χ1n) is 7.66. The van der Waals surface area contributed by atoms with Gasteiger partial charge in [0.05, 0.1) is 20.9 Å². The predicted molar refractivity (Wildman–Crippen MR) is 91.3 cm³/mol. The predicted octanol–water partition coefficient (Wildman–Crippen LogP) is 2.72. The Labute approximate surface area is 150 Å². The first kappa shape index (κ1) is 17.7. The molecule has 1 amide bonds. The number of carbonyl (C=O) groups excluding carboxylic acids is 2. The third kappa shape index (κ3) is 3.46. The maximum absolute atomic E-state index is 12.5. The van der Waals surface area contributed by atoms with E-state index >= 15 is 0 Å². The highest BCUT2D eigenvalue weighted by Gasteiger charge is 2.51. The summed E-state index contributed by atoms with van der Waals surface area (Å²) in [6.45, 7) is 0. The van der Waals surface area contributed by atoms with Crippen molar-refractivity contribution in [3.05, 3.63) is 28.3 Å². The zero-order valence-corrected chi connectivity index (χ0v) is 15.4.